The van der Waals surface area contributed by atoms with Crippen LogP contribution in [-0.2, 0) is 20.7 Å². The highest BCUT2D eigenvalue weighted by molar-refractivity contribution is 5.98. The van der Waals surface area contributed by atoms with E-state index in [-0.39, 0.29) is 12.5 Å². The van der Waals surface area contributed by atoms with E-state index < -0.39 is 0 Å². The first kappa shape index (κ1) is 19.6. The Balaban J connectivity index is 1.30. The summed E-state index contributed by atoms with van der Waals surface area (Å²) in [4.78, 5) is 18.5. The van der Waals surface area contributed by atoms with E-state index in [1.165, 1.54) is 5.56 Å². The molecule has 0 aromatic heterocycles. The Hall–Kier alpha value is -2.12. The lowest BCUT2D eigenvalue weighted by Crippen LogP contribution is -2.44. The second-order valence-electron chi connectivity index (χ2n) is 6.93. The number of nitrogens with zero attached hydrogens (tertiary/aromatic N) is 2. The molecule has 1 unspecified atom stereocenters. The number of nitrogens with one attached hydrogen (secondary N) is 2. The molecule has 1 amide bonds. The average Bonchev–Trinajstić information content (AvgIpc) is 3.36. The molecule has 7 nitrogen and oxygen atoms in total. The highest BCUT2D eigenvalue weighted by atomic mass is 16.5. The second kappa shape index (κ2) is 10.3. The summed E-state index contributed by atoms with van der Waals surface area (Å²) in [5.74, 6) is 1.25. The molecule has 2 aliphatic heterocycles. The smallest absolute Gasteiger partial charge is 0.246 e. The number of carbonyl (C=O) groups excluding carboxylic acids is 1. The molecule has 148 valence electrons. The molecule has 27 heavy (non-hydrogen) atoms. The fourth-order valence-electron chi connectivity index (χ4n) is 3.42. The molecule has 2 N–H and O–H groups in total. The van der Waals surface area contributed by atoms with Gasteiger partial charge < -0.3 is 25.0 Å². The molecule has 3 rings (SSSR count). The maximum absolute atomic E-state index is 12.5. The minimum Gasteiger partial charge on any atom is -0.381 e. The van der Waals surface area contributed by atoms with Gasteiger partial charge in [-0.05, 0) is 30.9 Å². The Morgan fingerprint density at radius 1 is 1.37 bits per heavy atom. The molecule has 1 atom stereocenters. The van der Waals surface area contributed by atoms with Crippen molar-refractivity contribution in [3.8, 4) is 0 Å². The van der Waals surface area contributed by atoms with Crippen molar-refractivity contribution < 1.29 is 14.3 Å². The lowest BCUT2D eigenvalue weighted by Gasteiger charge is -2.19. The van der Waals surface area contributed by atoms with Gasteiger partial charge in [0.05, 0.1) is 19.8 Å². The molecule has 1 aromatic rings. The molecule has 0 radical (unpaired) electrons. The topological polar surface area (TPSA) is 75.2 Å². The first-order chi connectivity index (χ1) is 13.3. The minimum atomic E-state index is 0.0602. The van der Waals surface area contributed by atoms with Crippen LogP contribution in [0.1, 0.15) is 18.4 Å². The number of ether oxygens (including phenoxy) is 2. The van der Waals surface area contributed by atoms with Crippen LogP contribution < -0.4 is 15.5 Å². The van der Waals surface area contributed by atoms with E-state index in [0.29, 0.717) is 18.5 Å². The summed E-state index contributed by atoms with van der Waals surface area (Å²) in [5, 5.41) is 6.33. The van der Waals surface area contributed by atoms with Gasteiger partial charge in [0.2, 0.25) is 5.91 Å². The normalized spacial score (nSPS) is 19.2. The molecular formula is C20H30N4O3. The number of hydrogen-bond donors (Lipinski definition) is 2. The number of para-hydroxylation sites is 1. The highest BCUT2D eigenvalue weighted by Crippen LogP contribution is 2.27. The minimum absolute atomic E-state index is 0.0602. The molecule has 2 aliphatic rings. The van der Waals surface area contributed by atoms with Gasteiger partial charge in [-0.3, -0.25) is 9.79 Å². The third kappa shape index (κ3) is 5.68. The number of fused-ring (bicyclic) bond motifs is 1. The highest BCUT2D eigenvalue weighted by Gasteiger charge is 2.23. The Kier molecular flexibility index (Phi) is 7.47. The van der Waals surface area contributed by atoms with Crippen molar-refractivity contribution in [2.24, 2.45) is 10.9 Å². The molecular weight excluding hydrogens is 344 g/mol. The van der Waals surface area contributed by atoms with E-state index in [9.17, 15) is 4.79 Å². The lowest BCUT2D eigenvalue weighted by atomic mass is 10.1. The van der Waals surface area contributed by atoms with Gasteiger partial charge in [-0.1, -0.05) is 18.2 Å². The van der Waals surface area contributed by atoms with E-state index in [2.05, 4.69) is 21.7 Å². The number of guanidine groups is 1. The molecule has 0 aliphatic carbocycles. The number of hydrogen-bond acceptors (Lipinski definition) is 4. The van der Waals surface area contributed by atoms with Crippen molar-refractivity contribution in [1.82, 2.24) is 10.6 Å². The number of anilines is 1. The van der Waals surface area contributed by atoms with Crippen LogP contribution in [0.3, 0.4) is 0 Å². The Labute approximate surface area is 161 Å². The summed E-state index contributed by atoms with van der Waals surface area (Å²) < 4.78 is 11.0. The molecule has 0 spiro atoms. The summed E-state index contributed by atoms with van der Waals surface area (Å²) in [6.07, 6.45) is 2.91. The third-order valence-corrected chi connectivity index (χ3v) is 4.95. The predicted octanol–water partition coefficient (Wildman–Crippen LogP) is 1.18. The van der Waals surface area contributed by atoms with Crippen LogP contribution in [0.15, 0.2) is 29.3 Å². The van der Waals surface area contributed by atoms with Crippen LogP contribution in [0.25, 0.3) is 0 Å². The van der Waals surface area contributed by atoms with Crippen molar-refractivity contribution in [3.63, 3.8) is 0 Å². The maximum Gasteiger partial charge on any atom is 0.246 e. The number of benzene rings is 1. The molecule has 7 heteroatoms. The quantitative estimate of drug-likeness (QED) is 0.406. The van der Waals surface area contributed by atoms with E-state index in [4.69, 9.17) is 9.47 Å². The largest absolute Gasteiger partial charge is 0.381 e. The zero-order valence-corrected chi connectivity index (χ0v) is 16.1. The van der Waals surface area contributed by atoms with Gasteiger partial charge in [0.1, 0.15) is 0 Å². The molecule has 1 saturated heterocycles. The third-order valence-electron chi connectivity index (χ3n) is 4.95. The first-order valence-corrected chi connectivity index (χ1v) is 9.76. The van der Waals surface area contributed by atoms with Crippen molar-refractivity contribution >= 4 is 17.6 Å². The van der Waals surface area contributed by atoms with Crippen LogP contribution in [-0.4, -0.2) is 65.0 Å². The number of aliphatic imine (C=N–C) groups is 1. The van der Waals surface area contributed by atoms with E-state index in [0.717, 1.165) is 57.9 Å². The molecule has 2 heterocycles. The van der Waals surface area contributed by atoms with Gasteiger partial charge in [-0.2, -0.15) is 0 Å². The number of amides is 1. The Bertz CT molecular complexity index is 644. The summed E-state index contributed by atoms with van der Waals surface area (Å²) in [5.41, 5.74) is 2.26. The van der Waals surface area contributed by atoms with Crippen molar-refractivity contribution in [3.05, 3.63) is 29.8 Å². The standard InChI is InChI=1S/C20H30N4O3/c1-21-20(22-9-4-11-26-14-16-8-12-27-15-16)23-13-19(25)24-10-7-17-5-2-3-6-18(17)24/h2-3,5-6,16H,4,7-15H2,1H3,(H2,21,22,23). The first-order valence-electron chi connectivity index (χ1n) is 9.76. The Morgan fingerprint density at radius 2 is 2.26 bits per heavy atom. The Morgan fingerprint density at radius 3 is 3.07 bits per heavy atom. The van der Waals surface area contributed by atoms with Gasteiger partial charge in [-0.25, -0.2) is 0 Å². The predicted molar refractivity (Wildman–Crippen MR) is 106 cm³/mol. The van der Waals surface area contributed by atoms with Crippen LogP contribution >= 0.6 is 0 Å². The SMILES string of the molecule is CN=C(NCCCOCC1CCOC1)NCC(=O)N1CCc2ccccc21. The van der Waals surface area contributed by atoms with Gasteiger partial charge in [0, 0.05) is 45.0 Å². The van der Waals surface area contributed by atoms with Crippen LogP contribution in [0.4, 0.5) is 5.69 Å². The fraction of sp³-hybridized carbons (Fsp3) is 0.600. The monoisotopic (exact) mass is 374 g/mol. The zero-order chi connectivity index (χ0) is 18.9. The number of carbonyl (C=O) groups is 1. The van der Waals surface area contributed by atoms with Gasteiger partial charge >= 0.3 is 0 Å². The van der Waals surface area contributed by atoms with Crippen molar-refractivity contribution in [2.75, 3.05) is 58.0 Å². The van der Waals surface area contributed by atoms with E-state index >= 15 is 0 Å². The summed E-state index contributed by atoms with van der Waals surface area (Å²) in [6.45, 7) is 4.90. The summed E-state index contributed by atoms with van der Waals surface area (Å²) in [6, 6.07) is 8.07. The van der Waals surface area contributed by atoms with Crippen LogP contribution in [0, 0.1) is 5.92 Å². The average molecular weight is 374 g/mol. The van der Waals surface area contributed by atoms with Crippen molar-refractivity contribution in [1.29, 1.82) is 0 Å². The molecule has 0 bridgehead atoms. The zero-order valence-electron chi connectivity index (χ0n) is 16.1. The second-order valence-corrected chi connectivity index (χ2v) is 6.93. The lowest BCUT2D eigenvalue weighted by molar-refractivity contribution is -0.117. The molecule has 1 aromatic carbocycles. The fourth-order valence-corrected chi connectivity index (χ4v) is 3.42. The summed E-state index contributed by atoms with van der Waals surface area (Å²) in [7, 11) is 1.71. The van der Waals surface area contributed by atoms with Gasteiger partial charge in [0.15, 0.2) is 5.96 Å². The van der Waals surface area contributed by atoms with Gasteiger partial charge in [-0.15, -0.1) is 0 Å². The van der Waals surface area contributed by atoms with Gasteiger partial charge in [0.25, 0.3) is 0 Å². The maximum atomic E-state index is 12.5. The summed E-state index contributed by atoms with van der Waals surface area (Å²) >= 11 is 0. The van der Waals surface area contributed by atoms with E-state index in [1.807, 2.05) is 23.1 Å². The molecule has 1 fully saturated rings. The molecule has 0 saturated carbocycles. The van der Waals surface area contributed by atoms with E-state index in [1.54, 1.807) is 7.05 Å². The van der Waals surface area contributed by atoms with Crippen molar-refractivity contribution in [2.45, 2.75) is 19.3 Å². The van der Waals surface area contributed by atoms with Crippen LogP contribution in [0.5, 0.6) is 0 Å². The number of rotatable bonds is 8. The van der Waals surface area contributed by atoms with Crippen LogP contribution in [0.2, 0.25) is 0 Å².